The number of fused-ring (bicyclic) bond motifs is 2. The Balaban J connectivity index is 1.76. The van der Waals surface area contributed by atoms with E-state index in [1.54, 1.807) is 0 Å². The van der Waals surface area contributed by atoms with Gasteiger partial charge in [0.25, 0.3) is 0 Å². The average Bonchev–Trinajstić information content (AvgIpc) is 2.89. The summed E-state index contributed by atoms with van der Waals surface area (Å²) in [6.07, 6.45) is 0. The first-order valence-corrected chi connectivity index (χ1v) is 10.4. The van der Waals surface area contributed by atoms with Gasteiger partial charge in [-0.15, -0.1) is 23.5 Å². The van der Waals surface area contributed by atoms with Gasteiger partial charge in [-0.1, -0.05) is 0 Å². The van der Waals surface area contributed by atoms with Crippen LogP contribution in [0, 0.1) is 17.8 Å². The molecule has 3 saturated heterocycles. The third-order valence-electron chi connectivity index (χ3n) is 5.39. The number of likely N-dealkylation sites (tertiary alicyclic amines) is 2. The molecule has 0 aromatic heterocycles. The normalized spacial score (nSPS) is 37.2. The summed E-state index contributed by atoms with van der Waals surface area (Å²) >= 11 is 4.50. The molecule has 3 heterocycles. The minimum Gasteiger partial charge on any atom is -0.300 e. The van der Waals surface area contributed by atoms with Crippen LogP contribution in [0.5, 0.6) is 0 Å². The first kappa shape index (κ1) is 15.5. The van der Waals surface area contributed by atoms with Crippen LogP contribution in [-0.4, -0.2) is 64.2 Å². The molecule has 3 aliphatic heterocycles. The molecule has 0 atom stereocenters. The van der Waals surface area contributed by atoms with E-state index in [0.29, 0.717) is 0 Å². The molecule has 3 fully saturated rings. The molecule has 0 amide bonds. The number of thioether (sulfide) groups is 2. The quantitative estimate of drug-likeness (QED) is 0.789. The second kappa shape index (κ2) is 6.39. The Labute approximate surface area is 133 Å². The van der Waals surface area contributed by atoms with Crippen LogP contribution in [-0.2, 0) is 0 Å². The highest BCUT2D eigenvalue weighted by Gasteiger charge is 2.47. The molecule has 116 valence electrons. The van der Waals surface area contributed by atoms with Gasteiger partial charge in [-0.2, -0.15) is 0 Å². The number of rotatable bonds is 3. The van der Waals surface area contributed by atoms with Crippen LogP contribution >= 0.6 is 23.5 Å². The molecule has 0 aromatic rings. The standard InChI is InChI=1S/C16H30N2S2/c1-11(2)17-7-13-9-18(12(3)4)10-14(8-17)15(13)16-19-5-6-20-16/h11-16H,5-10H2,1-4H3. The predicted octanol–water partition coefficient (Wildman–Crippen LogP) is 3.09. The first-order valence-electron chi connectivity index (χ1n) is 8.27. The SMILES string of the molecule is CC(C)N1CC2CN(C(C)C)CC(C1)C2C1SCCS1. The summed E-state index contributed by atoms with van der Waals surface area (Å²) in [5.74, 6) is 5.53. The van der Waals surface area contributed by atoms with Crippen LogP contribution in [0.3, 0.4) is 0 Å². The van der Waals surface area contributed by atoms with Crippen molar-refractivity contribution in [3.63, 3.8) is 0 Å². The van der Waals surface area contributed by atoms with Gasteiger partial charge in [0.2, 0.25) is 0 Å². The van der Waals surface area contributed by atoms with Gasteiger partial charge >= 0.3 is 0 Å². The largest absolute Gasteiger partial charge is 0.300 e. The van der Waals surface area contributed by atoms with Crippen molar-refractivity contribution < 1.29 is 0 Å². The van der Waals surface area contributed by atoms with Crippen LogP contribution in [0.15, 0.2) is 0 Å². The summed E-state index contributed by atoms with van der Waals surface area (Å²) in [4.78, 5) is 5.49. The topological polar surface area (TPSA) is 6.48 Å². The summed E-state index contributed by atoms with van der Waals surface area (Å²) in [5, 5.41) is 0. The van der Waals surface area contributed by atoms with Crippen molar-refractivity contribution in [3.8, 4) is 0 Å². The minimum atomic E-state index is 0.718. The van der Waals surface area contributed by atoms with E-state index in [-0.39, 0.29) is 0 Å². The maximum atomic E-state index is 2.74. The van der Waals surface area contributed by atoms with E-state index in [1.807, 2.05) is 0 Å². The number of piperidine rings is 2. The lowest BCUT2D eigenvalue weighted by atomic mass is 9.74. The van der Waals surface area contributed by atoms with Crippen LogP contribution in [0.4, 0.5) is 0 Å². The molecule has 0 aromatic carbocycles. The van der Waals surface area contributed by atoms with Crippen LogP contribution < -0.4 is 0 Å². The average molecular weight is 315 g/mol. The van der Waals surface area contributed by atoms with E-state index in [0.717, 1.165) is 34.4 Å². The maximum Gasteiger partial charge on any atom is 0.0538 e. The van der Waals surface area contributed by atoms with E-state index in [2.05, 4.69) is 61.0 Å². The van der Waals surface area contributed by atoms with Crippen molar-refractivity contribution in [1.29, 1.82) is 0 Å². The Hall–Kier alpha value is 0.620. The highest BCUT2D eigenvalue weighted by molar-refractivity contribution is 8.20. The van der Waals surface area contributed by atoms with E-state index in [4.69, 9.17) is 0 Å². The summed E-state index contributed by atoms with van der Waals surface area (Å²) in [6.45, 7) is 14.8. The molecule has 0 N–H and O–H groups in total. The van der Waals surface area contributed by atoms with E-state index in [9.17, 15) is 0 Å². The Morgan fingerprint density at radius 3 is 1.50 bits per heavy atom. The molecule has 0 aliphatic carbocycles. The van der Waals surface area contributed by atoms with E-state index in [1.165, 1.54) is 37.7 Å². The third-order valence-corrected chi connectivity index (χ3v) is 8.63. The van der Waals surface area contributed by atoms with Gasteiger partial charge < -0.3 is 9.80 Å². The van der Waals surface area contributed by atoms with Crippen LogP contribution in [0.1, 0.15) is 27.7 Å². The van der Waals surface area contributed by atoms with Crippen molar-refractivity contribution in [3.05, 3.63) is 0 Å². The second-order valence-corrected chi connectivity index (χ2v) is 10.1. The Morgan fingerprint density at radius 2 is 1.15 bits per heavy atom. The van der Waals surface area contributed by atoms with Gasteiger partial charge in [-0.3, -0.25) is 0 Å². The molecule has 2 nitrogen and oxygen atoms in total. The smallest absolute Gasteiger partial charge is 0.0538 e. The Morgan fingerprint density at radius 1 is 0.750 bits per heavy atom. The molecule has 0 unspecified atom stereocenters. The summed E-state index contributed by atoms with van der Waals surface area (Å²) in [6, 6.07) is 1.44. The molecule has 20 heavy (non-hydrogen) atoms. The van der Waals surface area contributed by atoms with Crippen LogP contribution in [0.25, 0.3) is 0 Å². The zero-order valence-corrected chi connectivity index (χ0v) is 15.1. The zero-order chi connectivity index (χ0) is 14.3. The lowest BCUT2D eigenvalue weighted by Gasteiger charge is -2.54. The third kappa shape index (κ3) is 3.04. The summed E-state index contributed by atoms with van der Waals surface area (Å²) < 4.78 is 0.897. The van der Waals surface area contributed by atoms with Gasteiger partial charge in [0.1, 0.15) is 0 Å². The van der Waals surface area contributed by atoms with Crippen molar-refractivity contribution in [1.82, 2.24) is 9.80 Å². The molecular formula is C16H30N2S2. The lowest BCUT2D eigenvalue weighted by Crippen LogP contribution is -2.61. The zero-order valence-electron chi connectivity index (χ0n) is 13.4. The Bertz CT molecular complexity index is 292. The number of nitrogens with zero attached hydrogens (tertiary/aromatic N) is 2. The van der Waals surface area contributed by atoms with Crippen molar-refractivity contribution in [2.75, 3.05) is 37.7 Å². The lowest BCUT2D eigenvalue weighted by molar-refractivity contribution is -0.0353. The molecule has 2 bridgehead atoms. The molecule has 3 rings (SSSR count). The minimum absolute atomic E-state index is 0.718. The predicted molar refractivity (Wildman–Crippen MR) is 92.6 cm³/mol. The van der Waals surface area contributed by atoms with Crippen molar-refractivity contribution in [2.24, 2.45) is 17.8 Å². The van der Waals surface area contributed by atoms with E-state index < -0.39 is 0 Å². The molecule has 0 radical (unpaired) electrons. The molecular weight excluding hydrogens is 284 g/mol. The number of hydrogen-bond acceptors (Lipinski definition) is 4. The van der Waals surface area contributed by atoms with Gasteiger partial charge in [-0.05, 0) is 45.4 Å². The van der Waals surface area contributed by atoms with Crippen molar-refractivity contribution >= 4 is 23.5 Å². The summed E-state index contributed by atoms with van der Waals surface area (Å²) in [5.41, 5.74) is 0. The van der Waals surface area contributed by atoms with Gasteiger partial charge in [0.15, 0.2) is 0 Å². The molecule has 4 heteroatoms. The highest BCUT2D eigenvalue weighted by Crippen LogP contribution is 2.48. The van der Waals surface area contributed by atoms with Crippen molar-refractivity contribution in [2.45, 2.75) is 44.4 Å². The summed E-state index contributed by atoms with van der Waals surface area (Å²) in [7, 11) is 0. The molecule has 0 spiro atoms. The highest BCUT2D eigenvalue weighted by atomic mass is 32.2. The maximum absolute atomic E-state index is 2.74. The first-order chi connectivity index (χ1) is 9.56. The fraction of sp³-hybridized carbons (Fsp3) is 1.00. The van der Waals surface area contributed by atoms with Gasteiger partial charge in [0, 0.05) is 49.8 Å². The number of hydrogen-bond donors (Lipinski definition) is 0. The molecule has 0 saturated carbocycles. The fourth-order valence-corrected chi connectivity index (χ4v) is 7.76. The molecule has 3 aliphatic rings. The Kier molecular flexibility index (Phi) is 4.96. The van der Waals surface area contributed by atoms with Gasteiger partial charge in [0.05, 0.1) is 4.58 Å². The van der Waals surface area contributed by atoms with E-state index >= 15 is 0 Å². The van der Waals surface area contributed by atoms with Gasteiger partial charge in [-0.25, -0.2) is 0 Å². The van der Waals surface area contributed by atoms with Crippen LogP contribution in [0.2, 0.25) is 0 Å². The monoisotopic (exact) mass is 314 g/mol. The fourth-order valence-electron chi connectivity index (χ4n) is 4.23. The second-order valence-electron chi connectivity index (χ2n) is 7.30.